The van der Waals surface area contributed by atoms with Crippen LogP contribution >= 0.6 is 0 Å². The molecular weight excluding hydrogens is 244 g/mol. The summed E-state index contributed by atoms with van der Waals surface area (Å²) in [6.07, 6.45) is 5.52. The fourth-order valence-corrected chi connectivity index (χ4v) is 1.65. The van der Waals surface area contributed by atoms with E-state index in [-0.39, 0.29) is 6.10 Å². The van der Waals surface area contributed by atoms with Crippen molar-refractivity contribution in [2.75, 3.05) is 12.4 Å². The molecule has 2 aromatic rings. The van der Waals surface area contributed by atoms with Gasteiger partial charge < -0.3 is 10.1 Å². The fraction of sp³-hybridized carbons (Fsp3) is 0.500. The van der Waals surface area contributed by atoms with Gasteiger partial charge in [0.05, 0.1) is 6.10 Å². The Labute approximate surface area is 112 Å². The first-order valence-electron chi connectivity index (χ1n) is 6.33. The molecule has 0 saturated heterocycles. The van der Waals surface area contributed by atoms with Crippen molar-refractivity contribution in [3.05, 3.63) is 18.5 Å². The highest BCUT2D eigenvalue weighted by Crippen LogP contribution is 2.13. The lowest BCUT2D eigenvalue weighted by Gasteiger charge is -2.13. The van der Waals surface area contributed by atoms with Crippen molar-refractivity contribution in [2.45, 2.75) is 32.8 Å². The van der Waals surface area contributed by atoms with Gasteiger partial charge in [-0.1, -0.05) is 13.3 Å². The van der Waals surface area contributed by atoms with Crippen LogP contribution in [0.2, 0.25) is 0 Å². The summed E-state index contributed by atoms with van der Waals surface area (Å²) in [6, 6.07) is 2.12. The maximum atomic E-state index is 5.69. The number of hydrogen-bond acceptors (Lipinski definition) is 6. The van der Waals surface area contributed by atoms with Crippen molar-refractivity contribution in [1.29, 1.82) is 0 Å². The minimum absolute atomic E-state index is 0.0718. The molecule has 0 aliphatic carbocycles. The van der Waals surface area contributed by atoms with E-state index >= 15 is 0 Å². The lowest BCUT2D eigenvalue weighted by atomic mass is 10.2. The molecule has 0 aliphatic rings. The molecule has 0 aromatic carbocycles. The molecule has 1 atom stereocenters. The van der Waals surface area contributed by atoms with Gasteiger partial charge in [0.15, 0.2) is 0 Å². The average molecular weight is 262 g/mol. The topological polar surface area (TPSA) is 77.8 Å². The molecule has 7 nitrogen and oxygen atoms in total. The van der Waals surface area contributed by atoms with E-state index in [0.29, 0.717) is 17.9 Å². The molecule has 2 heterocycles. The van der Waals surface area contributed by atoms with Crippen molar-refractivity contribution in [3.63, 3.8) is 0 Å². The Kier molecular flexibility index (Phi) is 4.27. The second kappa shape index (κ2) is 6.12. The maximum Gasteiger partial charge on any atom is 0.323 e. The third-order valence-electron chi connectivity index (χ3n) is 2.54. The Morgan fingerprint density at radius 3 is 2.84 bits per heavy atom. The summed E-state index contributed by atoms with van der Waals surface area (Å²) >= 11 is 0. The zero-order valence-electron chi connectivity index (χ0n) is 11.4. The summed E-state index contributed by atoms with van der Waals surface area (Å²) in [5, 5.41) is 6.99. The molecule has 0 amide bonds. The fourth-order valence-electron chi connectivity index (χ4n) is 1.65. The number of hydrogen-bond donors (Lipinski definition) is 1. The normalized spacial score (nSPS) is 12.2. The summed E-state index contributed by atoms with van der Waals surface area (Å²) in [5.41, 5.74) is 0. The largest absolute Gasteiger partial charge is 0.460 e. The van der Waals surface area contributed by atoms with Gasteiger partial charge in [-0.25, -0.2) is 4.68 Å². The second-order valence-electron chi connectivity index (χ2n) is 4.16. The van der Waals surface area contributed by atoms with Crippen molar-refractivity contribution in [2.24, 2.45) is 0 Å². The molecular formula is C12H18N6O. The number of aromatic nitrogens is 5. The van der Waals surface area contributed by atoms with E-state index in [1.54, 1.807) is 24.1 Å². The van der Waals surface area contributed by atoms with Crippen LogP contribution in [-0.2, 0) is 0 Å². The van der Waals surface area contributed by atoms with Crippen LogP contribution in [0, 0.1) is 0 Å². The molecule has 2 rings (SSSR count). The van der Waals surface area contributed by atoms with Gasteiger partial charge in [0.2, 0.25) is 5.95 Å². The molecule has 0 bridgehead atoms. The van der Waals surface area contributed by atoms with Gasteiger partial charge in [0.1, 0.15) is 0 Å². The van der Waals surface area contributed by atoms with E-state index in [1.807, 2.05) is 13.0 Å². The van der Waals surface area contributed by atoms with Crippen LogP contribution in [0.4, 0.5) is 5.95 Å². The lowest BCUT2D eigenvalue weighted by Crippen LogP contribution is -2.15. The van der Waals surface area contributed by atoms with Gasteiger partial charge in [-0.2, -0.15) is 20.1 Å². The van der Waals surface area contributed by atoms with Gasteiger partial charge in [-0.3, -0.25) is 0 Å². The Morgan fingerprint density at radius 1 is 1.37 bits per heavy atom. The maximum absolute atomic E-state index is 5.69. The number of anilines is 1. The van der Waals surface area contributed by atoms with E-state index in [2.05, 4.69) is 32.3 Å². The number of nitrogens with zero attached hydrogens (tertiary/aromatic N) is 5. The minimum atomic E-state index is 0.0718. The highest BCUT2D eigenvalue weighted by atomic mass is 16.5. The molecule has 0 spiro atoms. The zero-order chi connectivity index (χ0) is 13.7. The number of ether oxygens (including phenoxy) is 1. The first-order valence-corrected chi connectivity index (χ1v) is 6.33. The lowest BCUT2D eigenvalue weighted by molar-refractivity contribution is 0.192. The van der Waals surface area contributed by atoms with E-state index in [0.717, 1.165) is 12.8 Å². The Bertz CT molecular complexity index is 513. The molecule has 2 aromatic heterocycles. The van der Waals surface area contributed by atoms with E-state index in [9.17, 15) is 0 Å². The van der Waals surface area contributed by atoms with Crippen molar-refractivity contribution >= 4 is 5.95 Å². The van der Waals surface area contributed by atoms with Crippen LogP contribution in [-0.4, -0.2) is 37.9 Å². The molecule has 0 saturated carbocycles. The van der Waals surface area contributed by atoms with Crippen molar-refractivity contribution in [3.8, 4) is 12.0 Å². The molecule has 102 valence electrons. The molecule has 0 fully saturated rings. The highest BCUT2D eigenvalue weighted by Gasteiger charge is 2.11. The summed E-state index contributed by atoms with van der Waals surface area (Å²) in [6.45, 7) is 4.11. The minimum Gasteiger partial charge on any atom is -0.460 e. The molecule has 7 heteroatoms. The summed E-state index contributed by atoms with van der Waals surface area (Å²) in [5.74, 6) is 0.891. The summed E-state index contributed by atoms with van der Waals surface area (Å²) < 4.78 is 7.26. The van der Waals surface area contributed by atoms with Crippen LogP contribution in [0.5, 0.6) is 6.01 Å². The standard InChI is InChI=1S/C12H18N6O/c1-4-6-9(2)19-12-16-10(13-3)15-11(17-12)18-8-5-7-14-18/h5,7-9H,4,6H2,1-3H3,(H,13,15,16,17). The number of nitrogens with one attached hydrogen (secondary N) is 1. The van der Waals surface area contributed by atoms with Gasteiger partial charge in [-0.15, -0.1) is 0 Å². The Balaban J connectivity index is 2.26. The Hall–Kier alpha value is -2.18. The van der Waals surface area contributed by atoms with Crippen LogP contribution in [0.15, 0.2) is 18.5 Å². The van der Waals surface area contributed by atoms with Crippen LogP contribution in [0.25, 0.3) is 5.95 Å². The molecule has 19 heavy (non-hydrogen) atoms. The van der Waals surface area contributed by atoms with Crippen molar-refractivity contribution < 1.29 is 4.74 Å². The van der Waals surface area contributed by atoms with E-state index in [4.69, 9.17) is 4.74 Å². The number of rotatable bonds is 6. The summed E-state index contributed by atoms with van der Waals surface area (Å²) in [4.78, 5) is 12.7. The first-order chi connectivity index (χ1) is 9.22. The predicted octanol–water partition coefficient (Wildman–Crippen LogP) is 1.67. The van der Waals surface area contributed by atoms with Gasteiger partial charge in [0.25, 0.3) is 5.95 Å². The quantitative estimate of drug-likeness (QED) is 0.853. The molecule has 0 aliphatic heterocycles. The average Bonchev–Trinajstić information content (AvgIpc) is 2.92. The smallest absolute Gasteiger partial charge is 0.323 e. The first kappa shape index (κ1) is 13.3. The van der Waals surface area contributed by atoms with Crippen LogP contribution in [0.3, 0.4) is 0 Å². The zero-order valence-corrected chi connectivity index (χ0v) is 11.4. The van der Waals surface area contributed by atoms with Crippen LogP contribution < -0.4 is 10.1 Å². The monoisotopic (exact) mass is 262 g/mol. The third-order valence-corrected chi connectivity index (χ3v) is 2.54. The van der Waals surface area contributed by atoms with Gasteiger partial charge >= 0.3 is 6.01 Å². The van der Waals surface area contributed by atoms with Crippen LogP contribution in [0.1, 0.15) is 26.7 Å². The summed E-state index contributed by atoms with van der Waals surface area (Å²) in [7, 11) is 1.75. The molecule has 1 N–H and O–H groups in total. The van der Waals surface area contributed by atoms with Gasteiger partial charge in [-0.05, 0) is 19.4 Å². The Morgan fingerprint density at radius 2 is 2.21 bits per heavy atom. The molecule has 0 radical (unpaired) electrons. The predicted molar refractivity (Wildman–Crippen MR) is 71.5 cm³/mol. The van der Waals surface area contributed by atoms with E-state index in [1.165, 1.54) is 0 Å². The second-order valence-corrected chi connectivity index (χ2v) is 4.16. The van der Waals surface area contributed by atoms with Crippen molar-refractivity contribution in [1.82, 2.24) is 24.7 Å². The van der Waals surface area contributed by atoms with Gasteiger partial charge in [0, 0.05) is 19.4 Å². The van der Waals surface area contributed by atoms with E-state index < -0.39 is 0 Å². The third kappa shape index (κ3) is 3.40. The SMILES string of the molecule is CCCC(C)Oc1nc(NC)nc(-n2cccn2)n1. The highest BCUT2D eigenvalue weighted by molar-refractivity contribution is 5.29. The molecule has 1 unspecified atom stereocenters.